The van der Waals surface area contributed by atoms with Gasteiger partial charge in [-0.3, -0.25) is 9.59 Å². The number of nitrogens with one attached hydrogen (secondary N) is 1. The summed E-state index contributed by atoms with van der Waals surface area (Å²) in [5, 5.41) is 8.29. The minimum Gasteiger partial charge on any atom is -0.338 e. The number of carbonyl (C=O) groups excluding carboxylic acids is 2. The number of halogens is 1. The Balaban J connectivity index is 1.33. The van der Waals surface area contributed by atoms with Crippen molar-refractivity contribution in [2.45, 2.75) is 17.7 Å². The van der Waals surface area contributed by atoms with Gasteiger partial charge in [-0.25, -0.2) is 22.9 Å². The third-order valence-electron chi connectivity index (χ3n) is 5.42. The molecule has 33 heavy (non-hydrogen) atoms. The molecular weight excluding hydrogens is 467 g/mol. The van der Waals surface area contributed by atoms with E-state index in [0.29, 0.717) is 47.1 Å². The Morgan fingerprint density at radius 2 is 1.76 bits per heavy atom. The lowest BCUT2D eigenvalue weighted by Gasteiger charge is -2.31. The Kier molecular flexibility index (Phi) is 6.54. The van der Waals surface area contributed by atoms with Crippen molar-refractivity contribution in [3.63, 3.8) is 0 Å². The molecule has 2 amide bonds. The van der Waals surface area contributed by atoms with Crippen LogP contribution in [0.1, 0.15) is 22.5 Å². The summed E-state index contributed by atoms with van der Waals surface area (Å²) in [5.74, 6) is -1.04. The zero-order chi connectivity index (χ0) is 23.6. The van der Waals surface area contributed by atoms with E-state index in [1.165, 1.54) is 36.5 Å². The molecule has 3 aromatic rings. The van der Waals surface area contributed by atoms with Gasteiger partial charge in [0.1, 0.15) is 15.7 Å². The minimum atomic E-state index is -3.79. The lowest BCUT2D eigenvalue weighted by Crippen LogP contribution is -2.41. The number of likely N-dealkylation sites (tertiary alicyclic amines) is 1. The molecule has 0 atom stereocenters. The fraction of sp³-hybridized carbons (Fsp3) is 0.227. The summed E-state index contributed by atoms with van der Waals surface area (Å²) in [6, 6.07) is 11.9. The third-order valence-corrected chi connectivity index (χ3v) is 7.37. The maximum absolute atomic E-state index is 14.0. The fourth-order valence-corrected chi connectivity index (χ4v) is 5.03. The van der Waals surface area contributed by atoms with Gasteiger partial charge in [-0.1, -0.05) is 12.1 Å². The van der Waals surface area contributed by atoms with Gasteiger partial charge < -0.3 is 10.2 Å². The number of hydrogen-bond donors (Lipinski definition) is 2. The van der Waals surface area contributed by atoms with Gasteiger partial charge >= 0.3 is 0 Å². The SMILES string of the molecule is NS(=O)(=O)c1ccc(NC(=O)C2CCN(C(=O)c3cnc(-c4ccccc4F)s3)CC2)cc1. The second-order valence-electron chi connectivity index (χ2n) is 7.63. The van der Waals surface area contributed by atoms with E-state index < -0.39 is 15.8 Å². The van der Waals surface area contributed by atoms with E-state index in [9.17, 15) is 22.4 Å². The highest BCUT2D eigenvalue weighted by molar-refractivity contribution is 7.89. The van der Waals surface area contributed by atoms with E-state index >= 15 is 0 Å². The first-order valence-electron chi connectivity index (χ1n) is 10.2. The predicted molar refractivity (Wildman–Crippen MR) is 123 cm³/mol. The minimum absolute atomic E-state index is 0.0338. The number of primary sulfonamides is 1. The van der Waals surface area contributed by atoms with Crippen LogP contribution < -0.4 is 10.5 Å². The Morgan fingerprint density at radius 1 is 1.09 bits per heavy atom. The number of nitrogens with two attached hydrogens (primary N) is 1. The lowest BCUT2D eigenvalue weighted by molar-refractivity contribution is -0.121. The largest absolute Gasteiger partial charge is 0.338 e. The van der Waals surface area contributed by atoms with Crippen molar-refractivity contribution in [3.05, 3.63) is 65.4 Å². The van der Waals surface area contributed by atoms with E-state index in [4.69, 9.17) is 5.14 Å². The molecule has 0 radical (unpaired) electrons. The lowest BCUT2D eigenvalue weighted by atomic mass is 9.95. The summed E-state index contributed by atoms with van der Waals surface area (Å²) in [7, 11) is -3.79. The highest BCUT2D eigenvalue weighted by Crippen LogP contribution is 2.29. The number of hydrogen-bond acceptors (Lipinski definition) is 6. The molecule has 0 bridgehead atoms. The van der Waals surface area contributed by atoms with Crippen LogP contribution in [-0.4, -0.2) is 43.2 Å². The zero-order valence-corrected chi connectivity index (χ0v) is 19.0. The summed E-state index contributed by atoms with van der Waals surface area (Å²) < 4.78 is 36.6. The maximum Gasteiger partial charge on any atom is 0.265 e. The van der Waals surface area contributed by atoms with Crippen LogP contribution in [0.5, 0.6) is 0 Å². The van der Waals surface area contributed by atoms with Crippen LogP contribution in [0.2, 0.25) is 0 Å². The van der Waals surface area contributed by atoms with Crippen LogP contribution in [-0.2, 0) is 14.8 Å². The first kappa shape index (κ1) is 23.0. The smallest absolute Gasteiger partial charge is 0.265 e. The summed E-state index contributed by atoms with van der Waals surface area (Å²) in [6.45, 7) is 0.822. The van der Waals surface area contributed by atoms with Gasteiger partial charge in [-0.2, -0.15) is 0 Å². The first-order chi connectivity index (χ1) is 15.7. The molecule has 172 valence electrons. The molecule has 0 spiro atoms. The van der Waals surface area contributed by atoms with Crippen molar-refractivity contribution in [2.75, 3.05) is 18.4 Å². The third kappa shape index (κ3) is 5.27. The maximum atomic E-state index is 14.0. The number of aromatic nitrogens is 1. The average Bonchev–Trinajstić information content (AvgIpc) is 3.29. The van der Waals surface area contributed by atoms with E-state index in [0.717, 1.165) is 11.3 Å². The number of piperidine rings is 1. The van der Waals surface area contributed by atoms with Crippen molar-refractivity contribution >= 4 is 38.9 Å². The molecule has 1 fully saturated rings. The predicted octanol–water partition coefficient (Wildman–Crippen LogP) is 3.09. The molecule has 1 aliphatic rings. The van der Waals surface area contributed by atoms with E-state index in [1.807, 2.05) is 0 Å². The van der Waals surface area contributed by atoms with Gasteiger partial charge in [0.2, 0.25) is 15.9 Å². The molecule has 2 heterocycles. The number of thiazole rings is 1. The zero-order valence-electron chi connectivity index (χ0n) is 17.4. The quantitative estimate of drug-likeness (QED) is 0.571. The molecule has 8 nitrogen and oxygen atoms in total. The van der Waals surface area contributed by atoms with Crippen LogP contribution in [0.25, 0.3) is 10.6 Å². The molecule has 4 rings (SSSR count). The molecular formula is C22H21FN4O4S2. The Morgan fingerprint density at radius 3 is 2.39 bits per heavy atom. The molecule has 0 saturated carbocycles. The van der Waals surface area contributed by atoms with Crippen LogP contribution >= 0.6 is 11.3 Å². The number of amides is 2. The van der Waals surface area contributed by atoms with Crippen molar-refractivity contribution < 1.29 is 22.4 Å². The number of anilines is 1. The number of sulfonamides is 1. The molecule has 1 saturated heterocycles. The van der Waals surface area contributed by atoms with Crippen molar-refractivity contribution in [1.29, 1.82) is 0 Å². The highest BCUT2D eigenvalue weighted by Gasteiger charge is 2.29. The first-order valence-corrected chi connectivity index (χ1v) is 12.5. The highest BCUT2D eigenvalue weighted by atomic mass is 32.2. The van der Waals surface area contributed by atoms with Gasteiger partial charge in [0.25, 0.3) is 5.91 Å². The van der Waals surface area contributed by atoms with Gasteiger partial charge in [0.05, 0.1) is 11.1 Å². The van der Waals surface area contributed by atoms with Gasteiger partial charge in [-0.05, 0) is 49.2 Å². The fourth-order valence-electron chi connectivity index (χ4n) is 3.61. The summed E-state index contributed by atoms with van der Waals surface area (Å²) in [5.41, 5.74) is 0.824. The van der Waals surface area contributed by atoms with E-state index in [1.54, 1.807) is 23.1 Å². The Bertz CT molecular complexity index is 1280. The molecule has 2 aromatic carbocycles. The van der Waals surface area contributed by atoms with Crippen molar-refractivity contribution in [2.24, 2.45) is 11.1 Å². The molecule has 0 unspecified atom stereocenters. The second-order valence-corrected chi connectivity index (χ2v) is 10.2. The number of rotatable bonds is 5. The monoisotopic (exact) mass is 488 g/mol. The van der Waals surface area contributed by atoms with Crippen LogP contribution in [0, 0.1) is 11.7 Å². The van der Waals surface area contributed by atoms with Gasteiger partial charge in [0.15, 0.2) is 0 Å². The van der Waals surface area contributed by atoms with Gasteiger partial charge in [0, 0.05) is 30.3 Å². The molecule has 3 N–H and O–H groups in total. The summed E-state index contributed by atoms with van der Waals surface area (Å²) in [6.07, 6.45) is 2.44. The number of nitrogens with zero attached hydrogens (tertiary/aromatic N) is 2. The van der Waals surface area contributed by atoms with Crippen molar-refractivity contribution in [1.82, 2.24) is 9.88 Å². The Labute approximate surface area is 194 Å². The molecule has 11 heteroatoms. The van der Waals surface area contributed by atoms with Gasteiger partial charge in [-0.15, -0.1) is 11.3 Å². The van der Waals surface area contributed by atoms with E-state index in [-0.39, 0.29) is 22.6 Å². The normalized spacial score (nSPS) is 14.8. The average molecular weight is 489 g/mol. The topological polar surface area (TPSA) is 122 Å². The Hall–Kier alpha value is -3.15. The summed E-state index contributed by atoms with van der Waals surface area (Å²) >= 11 is 1.14. The molecule has 1 aromatic heterocycles. The number of carbonyl (C=O) groups is 2. The standard InChI is InChI=1S/C22H21FN4O4S2/c23-18-4-2-1-3-17(18)21-25-13-19(32-21)22(29)27-11-9-14(10-12-27)20(28)26-15-5-7-16(8-6-15)33(24,30)31/h1-8,13-14H,9-12H2,(H,26,28)(H2,24,30,31). The second kappa shape index (κ2) is 9.38. The van der Waals surface area contributed by atoms with E-state index in [2.05, 4.69) is 10.3 Å². The molecule has 0 aliphatic carbocycles. The molecule has 1 aliphatic heterocycles. The van der Waals surface area contributed by atoms with Crippen LogP contribution in [0.3, 0.4) is 0 Å². The van der Waals surface area contributed by atoms with Crippen LogP contribution in [0.15, 0.2) is 59.6 Å². The van der Waals surface area contributed by atoms with Crippen LogP contribution in [0.4, 0.5) is 10.1 Å². The summed E-state index contributed by atoms with van der Waals surface area (Å²) in [4.78, 5) is 31.7. The number of benzene rings is 2. The van der Waals surface area contributed by atoms with Crippen molar-refractivity contribution in [3.8, 4) is 10.6 Å².